The van der Waals surface area contributed by atoms with Crippen LogP contribution in [0.25, 0.3) is 0 Å². The summed E-state index contributed by atoms with van der Waals surface area (Å²) in [6.07, 6.45) is 0.594. The van der Waals surface area contributed by atoms with Crippen LogP contribution < -0.4 is 4.72 Å². The van der Waals surface area contributed by atoms with Gasteiger partial charge >= 0.3 is 5.97 Å². The van der Waals surface area contributed by atoms with E-state index in [0.29, 0.717) is 17.7 Å². The van der Waals surface area contributed by atoms with Crippen molar-refractivity contribution in [2.24, 2.45) is 0 Å². The minimum Gasteiger partial charge on any atom is -0.478 e. The van der Waals surface area contributed by atoms with Crippen molar-refractivity contribution >= 4 is 21.7 Å². The van der Waals surface area contributed by atoms with Gasteiger partial charge in [-0.3, -0.25) is 4.72 Å². The molecule has 0 heterocycles. The first kappa shape index (κ1) is 17.0. The van der Waals surface area contributed by atoms with E-state index in [1.165, 1.54) is 0 Å². The first-order valence-electron chi connectivity index (χ1n) is 6.90. The van der Waals surface area contributed by atoms with E-state index in [1.54, 1.807) is 25.1 Å². The number of anilines is 1. The van der Waals surface area contributed by atoms with Gasteiger partial charge in [-0.25, -0.2) is 17.6 Å². The van der Waals surface area contributed by atoms with Crippen LogP contribution in [-0.2, 0) is 16.4 Å². The van der Waals surface area contributed by atoms with Gasteiger partial charge in [-0.15, -0.1) is 0 Å². The van der Waals surface area contributed by atoms with Crippen LogP contribution in [-0.4, -0.2) is 19.5 Å². The number of hydrogen-bond donors (Lipinski definition) is 2. The third-order valence-corrected chi connectivity index (χ3v) is 4.81. The van der Waals surface area contributed by atoms with Crippen LogP contribution in [0.5, 0.6) is 0 Å². The van der Waals surface area contributed by atoms with Crippen LogP contribution in [0.1, 0.15) is 28.4 Å². The normalized spacial score (nSPS) is 11.3. The Hall–Kier alpha value is -2.41. The molecule has 0 fully saturated rings. The third kappa shape index (κ3) is 3.50. The molecule has 0 spiro atoms. The lowest BCUT2D eigenvalue weighted by Gasteiger charge is -2.15. The van der Waals surface area contributed by atoms with Crippen LogP contribution >= 0.6 is 0 Å². The van der Waals surface area contributed by atoms with Crippen LogP contribution in [0.3, 0.4) is 0 Å². The molecule has 2 rings (SSSR count). The summed E-state index contributed by atoms with van der Waals surface area (Å²) in [5, 5.41) is 8.94. The highest BCUT2D eigenvalue weighted by atomic mass is 32.2. The third-order valence-electron chi connectivity index (χ3n) is 3.44. The fraction of sp³-hybridized carbons (Fsp3) is 0.188. The van der Waals surface area contributed by atoms with Crippen molar-refractivity contribution in [3.8, 4) is 0 Å². The maximum Gasteiger partial charge on any atom is 0.335 e. The highest BCUT2D eigenvalue weighted by Crippen LogP contribution is 2.26. The number of rotatable bonds is 5. The standard InChI is InChI=1S/C16H16FNO4S/c1-3-11-6-4-5-10(2)15(11)18-23(21,22)14-9-12(16(19)20)7-8-13(14)17/h4-9,18H,3H2,1-2H3,(H,19,20). The van der Waals surface area contributed by atoms with E-state index in [2.05, 4.69) is 4.72 Å². The van der Waals surface area contributed by atoms with E-state index < -0.39 is 26.7 Å². The quantitative estimate of drug-likeness (QED) is 0.877. The number of carboxylic acids is 1. The van der Waals surface area contributed by atoms with Crippen molar-refractivity contribution in [1.29, 1.82) is 0 Å². The number of halogens is 1. The molecule has 5 nitrogen and oxygen atoms in total. The number of sulfonamides is 1. The Labute approximate surface area is 133 Å². The maximum absolute atomic E-state index is 13.9. The summed E-state index contributed by atoms with van der Waals surface area (Å²) in [6, 6.07) is 7.97. The van der Waals surface area contributed by atoms with Gasteiger partial charge < -0.3 is 5.11 Å². The molecule has 0 amide bonds. The minimum atomic E-state index is -4.24. The molecular formula is C16H16FNO4S. The van der Waals surface area contributed by atoms with E-state index in [0.717, 1.165) is 23.8 Å². The van der Waals surface area contributed by atoms with Gasteiger partial charge in [0.25, 0.3) is 10.0 Å². The average Bonchev–Trinajstić information content (AvgIpc) is 2.49. The second-order valence-corrected chi connectivity index (χ2v) is 6.67. The Morgan fingerprint density at radius 1 is 1.26 bits per heavy atom. The first-order valence-corrected chi connectivity index (χ1v) is 8.38. The summed E-state index contributed by atoms with van der Waals surface area (Å²) in [5.74, 6) is -2.33. The molecule has 2 aromatic rings. The molecule has 0 unspecified atom stereocenters. The van der Waals surface area contributed by atoms with Gasteiger partial charge in [0.2, 0.25) is 0 Å². The lowest BCUT2D eigenvalue weighted by molar-refractivity contribution is 0.0696. The van der Waals surface area contributed by atoms with Crippen molar-refractivity contribution < 1.29 is 22.7 Å². The predicted octanol–water partition coefficient (Wildman–Crippen LogP) is 3.20. The zero-order chi connectivity index (χ0) is 17.2. The Bertz CT molecular complexity index is 862. The summed E-state index contributed by atoms with van der Waals surface area (Å²) in [7, 11) is -4.24. The van der Waals surface area contributed by atoms with E-state index in [-0.39, 0.29) is 5.56 Å². The molecule has 0 aliphatic rings. The fourth-order valence-corrected chi connectivity index (χ4v) is 3.48. The topological polar surface area (TPSA) is 83.5 Å². The number of hydrogen-bond acceptors (Lipinski definition) is 3. The van der Waals surface area contributed by atoms with E-state index >= 15 is 0 Å². The Balaban J connectivity index is 2.52. The number of aryl methyl sites for hydroxylation is 2. The summed E-state index contributed by atoms with van der Waals surface area (Å²) >= 11 is 0. The molecule has 0 saturated carbocycles. The number of carboxylic acid groups (broad SMARTS) is 1. The highest BCUT2D eigenvalue weighted by molar-refractivity contribution is 7.92. The van der Waals surface area contributed by atoms with Crippen molar-refractivity contribution in [3.05, 3.63) is 58.9 Å². The molecule has 0 atom stereocenters. The number of carbonyl (C=O) groups is 1. The van der Waals surface area contributed by atoms with Gasteiger partial charge in [0.05, 0.1) is 11.3 Å². The summed E-state index contributed by atoms with van der Waals surface area (Å²) in [4.78, 5) is 10.3. The minimum absolute atomic E-state index is 0.299. The molecule has 7 heteroatoms. The summed E-state index contributed by atoms with van der Waals surface area (Å²) < 4.78 is 41.2. The van der Waals surface area contributed by atoms with Crippen LogP contribution in [0.2, 0.25) is 0 Å². The average molecular weight is 337 g/mol. The summed E-state index contributed by atoms with van der Waals surface area (Å²) in [6.45, 7) is 3.61. The lowest BCUT2D eigenvalue weighted by atomic mass is 10.1. The smallest absolute Gasteiger partial charge is 0.335 e. The molecule has 0 radical (unpaired) electrons. The highest BCUT2D eigenvalue weighted by Gasteiger charge is 2.22. The lowest BCUT2D eigenvalue weighted by Crippen LogP contribution is -2.17. The second-order valence-electron chi connectivity index (χ2n) is 5.02. The Kier molecular flexibility index (Phi) is 4.70. The Morgan fingerprint density at radius 3 is 2.57 bits per heavy atom. The molecule has 23 heavy (non-hydrogen) atoms. The maximum atomic E-state index is 13.9. The van der Waals surface area contributed by atoms with E-state index in [9.17, 15) is 17.6 Å². The van der Waals surface area contributed by atoms with Gasteiger partial charge in [0, 0.05) is 0 Å². The summed E-state index contributed by atoms with van der Waals surface area (Å²) in [5.41, 5.74) is 1.55. The monoisotopic (exact) mass is 337 g/mol. The van der Waals surface area contributed by atoms with Gasteiger partial charge in [-0.2, -0.15) is 0 Å². The fourth-order valence-electron chi connectivity index (χ4n) is 2.20. The molecule has 122 valence electrons. The van der Waals surface area contributed by atoms with Crippen LogP contribution in [0, 0.1) is 12.7 Å². The molecule has 2 N–H and O–H groups in total. The van der Waals surface area contributed by atoms with Gasteiger partial charge in [-0.1, -0.05) is 25.1 Å². The molecule has 0 bridgehead atoms. The van der Waals surface area contributed by atoms with Crippen molar-refractivity contribution in [2.75, 3.05) is 4.72 Å². The number of nitrogens with one attached hydrogen (secondary N) is 1. The van der Waals surface area contributed by atoms with Crippen LogP contribution in [0.4, 0.5) is 10.1 Å². The van der Waals surface area contributed by atoms with Crippen LogP contribution in [0.15, 0.2) is 41.3 Å². The molecule has 0 saturated heterocycles. The first-order chi connectivity index (χ1) is 10.8. The van der Waals surface area contributed by atoms with E-state index in [1.807, 2.05) is 6.92 Å². The van der Waals surface area contributed by atoms with Gasteiger partial charge in [-0.05, 0) is 42.7 Å². The largest absolute Gasteiger partial charge is 0.478 e. The number of benzene rings is 2. The van der Waals surface area contributed by atoms with Gasteiger partial charge in [0.1, 0.15) is 10.7 Å². The number of para-hydroxylation sites is 1. The van der Waals surface area contributed by atoms with Crippen molar-refractivity contribution in [2.45, 2.75) is 25.2 Å². The van der Waals surface area contributed by atoms with Crippen molar-refractivity contribution in [3.63, 3.8) is 0 Å². The zero-order valence-electron chi connectivity index (χ0n) is 12.6. The second kappa shape index (κ2) is 6.37. The molecular weight excluding hydrogens is 321 g/mol. The Morgan fingerprint density at radius 2 is 1.96 bits per heavy atom. The zero-order valence-corrected chi connectivity index (χ0v) is 13.4. The van der Waals surface area contributed by atoms with Crippen molar-refractivity contribution in [1.82, 2.24) is 0 Å². The molecule has 0 aromatic heterocycles. The SMILES string of the molecule is CCc1cccc(C)c1NS(=O)(=O)c1cc(C(=O)O)ccc1F. The molecule has 0 aliphatic heterocycles. The molecule has 0 aliphatic carbocycles. The van der Waals surface area contributed by atoms with E-state index in [4.69, 9.17) is 5.11 Å². The number of aromatic carboxylic acids is 1. The molecule has 2 aromatic carbocycles. The van der Waals surface area contributed by atoms with Gasteiger partial charge in [0.15, 0.2) is 0 Å². The predicted molar refractivity (Wildman–Crippen MR) is 84.7 cm³/mol.